The molecule has 0 N–H and O–H groups in total. The van der Waals surface area contributed by atoms with Crippen molar-refractivity contribution in [2.45, 2.75) is 19.4 Å². The highest BCUT2D eigenvalue weighted by Crippen LogP contribution is 2.20. The summed E-state index contributed by atoms with van der Waals surface area (Å²) in [6.45, 7) is 0.710. The molecule has 0 aromatic carbocycles. The van der Waals surface area contributed by atoms with Crippen LogP contribution in [0.15, 0.2) is 12.5 Å². The predicted molar refractivity (Wildman–Crippen MR) is 46.1 cm³/mol. The van der Waals surface area contributed by atoms with E-state index in [9.17, 15) is 4.79 Å². The molecule has 70 valence electrons. The van der Waals surface area contributed by atoms with Gasteiger partial charge in [0.25, 0.3) is 0 Å². The Morgan fingerprint density at radius 1 is 1.77 bits per heavy atom. The van der Waals surface area contributed by atoms with Gasteiger partial charge in [-0.25, -0.2) is 4.98 Å². The van der Waals surface area contributed by atoms with E-state index in [0.717, 1.165) is 12.8 Å². The van der Waals surface area contributed by atoms with Crippen LogP contribution in [-0.4, -0.2) is 22.6 Å². The van der Waals surface area contributed by atoms with Gasteiger partial charge in [0, 0.05) is 18.4 Å². The van der Waals surface area contributed by atoms with Crippen LogP contribution in [-0.2, 0) is 22.5 Å². The van der Waals surface area contributed by atoms with Crippen LogP contribution in [0.5, 0.6) is 0 Å². The zero-order chi connectivity index (χ0) is 9.26. The Morgan fingerprint density at radius 2 is 2.62 bits per heavy atom. The monoisotopic (exact) mass is 180 g/mol. The summed E-state index contributed by atoms with van der Waals surface area (Å²) < 4.78 is 6.73. The van der Waals surface area contributed by atoms with Gasteiger partial charge in [0.1, 0.15) is 0 Å². The second-order valence-corrected chi connectivity index (χ2v) is 3.30. The molecule has 2 rings (SSSR count). The Morgan fingerprint density at radius 3 is 3.38 bits per heavy atom. The van der Waals surface area contributed by atoms with E-state index in [1.165, 1.54) is 12.8 Å². The Hall–Kier alpha value is -1.32. The van der Waals surface area contributed by atoms with Gasteiger partial charge in [-0.1, -0.05) is 0 Å². The molecule has 13 heavy (non-hydrogen) atoms. The van der Waals surface area contributed by atoms with Gasteiger partial charge < -0.3 is 9.30 Å². The van der Waals surface area contributed by atoms with Crippen molar-refractivity contribution >= 4 is 5.97 Å². The SMILES string of the molecule is COC(=O)[C@@H]1CCc2cncn2C1. The van der Waals surface area contributed by atoms with Crippen LogP contribution in [0.25, 0.3) is 0 Å². The third-order valence-corrected chi connectivity index (χ3v) is 2.50. The fourth-order valence-electron chi connectivity index (χ4n) is 1.73. The molecule has 0 saturated heterocycles. The molecule has 1 aromatic heterocycles. The summed E-state index contributed by atoms with van der Waals surface area (Å²) >= 11 is 0. The van der Waals surface area contributed by atoms with Gasteiger partial charge in [0.05, 0.1) is 19.4 Å². The first-order chi connectivity index (χ1) is 6.31. The highest BCUT2D eigenvalue weighted by atomic mass is 16.5. The molecule has 0 spiro atoms. The number of imidazole rings is 1. The van der Waals surface area contributed by atoms with Gasteiger partial charge in [-0.05, 0) is 12.8 Å². The Kier molecular flexibility index (Phi) is 2.04. The van der Waals surface area contributed by atoms with E-state index < -0.39 is 0 Å². The minimum Gasteiger partial charge on any atom is -0.469 e. The van der Waals surface area contributed by atoms with E-state index in [2.05, 4.69) is 4.98 Å². The molecule has 0 aliphatic carbocycles. The first-order valence-corrected chi connectivity index (χ1v) is 4.38. The normalized spacial score (nSPS) is 20.8. The molecule has 1 aliphatic heterocycles. The van der Waals surface area contributed by atoms with Crippen molar-refractivity contribution in [3.63, 3.8) is 0 Å². The third kappa shape index (κ3) is 1.43. The number of hydrogen-bond donors (Lipinski definition) is 0. The molecule has 1 aliphatic rings. The number of carbonyl (C=O) groups excluding carboxylic acids is 1. The van der Waals surface area contributed by atoms with Gasteiger partial charge in [-0.3, -0.25) is 4.79 Å². The minimum atomic E-state index is -0.112. The molecule has 0 radical (unpaired) electrons. The van der Waals surface area contributed by atoms with Gasteiger partial charge >= 0.3 is 5.97 Å². The van der Waals surface area contributed by atoms with Crippen LogP contribution in [0.4, 0.5) is 0 Å². The number of carbonyl (C=O) groups is 1. The van der Waals surface area contributed by atoms with E-state index in [1.807, 2.05) is 10.8 Å². The van der Waals surface area contributed by atoms with Gasteiger partial charge in [0.2, 0.25) is 0 Å². The van der Waals surface area contributed by atoms with Crippen LogP contribution in [0, 0.1) is 5.92 Å². The van der Waals surface area contributed by atoms with Crippen molar-refractivity contribution in [2.24, 2.45) is 5.92 Å². The molecular formula is C9H12N2O2. The topological polar surface area (TPSA) is 44.1 Å². The standard InChI is InChI=1S/C9H12N2O2/c1-13-9(12)7-2-3-8-4-10-6-11(8)5-7/h4,6-7H,2-3,5H2,1H3/t7-/m1/s1. The molecule has 2 heterocycles. The highest BCUT2D eigenvalue weighted by Gasteiger charge is 2.24. The molecular weight excluding hydrogens is 168 g/mol. The lowest BCUT2D eigenvalue weighted by molar-refractivity contribution is -0.146. The quantitative estimate of drug-likeness (QED) is 0.595. The van der Waals surface area contributed by atoms with E-state index >= 15 is 0 Å². The lowest BCUT2D eigenvalue weighted by Crippen LogP contribution is -2.27. The number of rotatable bonds is 1. The van der Waals surface area contributed by atoms with Crippen molar-refractivity contribution in [3.05, 3.63) is 18.2 Å². The van der Waals surface area contributed by atoms with Crippen molar-refractivity contribution in [1.29, 1.82) is 0 Å². The summed E-state index contributed by atoms with van der Waals surface area (Å²) in [5, 5.41) is 0. The van der Waals surface area contributed by atoms with Crippen molar-refractivity contribution in [2.75, 3.05) is 7.11 Å². The summed E-state index contributed by atoms with van der Waals surface area (Å²) in [5.74, 6) is -0.106. The first kappa shape index (κ1) is 8.29. The molecule has 0 saturated carbocycles. The average Bonchev–Trinajstić information content (AvgIpc) is 2.63. The molecule has 0 amide bonds. The lowest BCUT2D eigenvalue weighted by Gasteiger charge is -2.21. The number of nitrogens with zero attached hydrogens (tertiary/aromatic N) is 2. The van der Waals surface area contributed by atoms with Gasteiger partial charge in [0.15, 0.2) is 0 Å². The number of methoxy groups -OCH3 is 1. The number of fused-ring (bicyclic) bond motifs is 1. The summed E-state index contributed by atoms with van der Waals surface area (Å²) in [5.41, 5.74) is 1.21. The summed E-state index contributed by atoms with van der Waals surface area (Å²) in [6, 6.07) is 0. The molecule has 0 bridgehead atoms. The second-order valence-electron chi connectivity index (χ2n) is 3.30. The molecule has 1 aromatic rings. The first-order valence-electron chi connectivity index (χ1n) is 4.38. The van der Waals surface area contributed by atoms with Crippen molar-refractivity contribution in [1.82, 2.24) is 9.55 Å². The van der Waals surface area contributed by atoms with Crippen LogP contribution >= 0.6 is 0 Å². The molecule has 0 fully saturated rings. The number of aromatic nitrogens is 2. The lowest BCUT2D eigenvalue weighted by atomic mass is 9.98. The minimum absolute atomic E-state index is 0.00620. The van der Waals surface area contributed by atoms with E-state index in [-0.39, 0.29) is 11.9 Å². The summed E-state index contributed by atoms with van der Waals surface area (Å²) in [6.07, 6.45) is 5.41. The fraction of sp³-hybridized carbons (Fsp3) is 0.556. The maximum atomic E-state index is 11.2. The maximum absolute atomic E-state index is 11.2. The van der Waals surface area contributed by atoms with E-state index in [1.54, 1.807) is 6.33 Å². The van der Waals surface area contributed by atoms with Crippen LogP contribution in [0.1, 0.15) is 12.1 Å². The highest BCUT2D eigenvalue weighted by molar-refractivity contribution is 5.72. The van der Waals surface area contributed by atoms with E-state index in [4.69, 9.17) is 4.74 Å². The number of esters is 1. The molecule has 0 unspecified atom stereocenters. The van der Waals surface area contributed by atoms with Crippen LogP contribution in [0.2, 0.25) is 0 Å². The summed E-state index contributed by atoms with van der Waals surface area (Å²) in [4.78, 5) is 15.3. The molecule has 4 nitrogen and oxygen atoms in total. The van der Waals surface area contributed by atoms with Gasteiger partial charge in [-0.15, -0.1) is 0 Å². The number of aryl methyl sites for hydroxylation is 1. The summed E-state index contributed by atoms with van der Waals surface area (Å²) in [7, 11) is 1.44. The van der Waals surface area contributed by atoms with Crippen LogP contribution in [0.3, 0.4) is 0 Å². The van der Waals surface area contributed by atoms with Crippen LogP contribution < -0.4 is 0 Å². The molecule has 4 heteroatoms. The Balaban J connectivity index is 2.13. The maximum Gasteiger partial charge on any atom is 0.310 e. The predicted octanol–water partition coefficient (Wildman–Crippen LogP) is 0.618. The Labute approximate surface area is 76.5 Å². The largest absolute Gasteiger partial charge is 0.469 e. The van der Waals surface area contributed by atoms with Crippen molar-refractivity contribution < 1.29 is 9.53 Å². The fourth-order valence-corrected chi connectivity index (χ4v) is 1.73. The van der Waals surface area contributed by atoms with Crippen molar-refractivity contribution in [3.8, 4) is 0 Å². The molecule has 1 atom stereocenters. The second kappa shape index (κ2) is 3.20. The Bertz CT molecular complexity index is 319. The zero-order valence-corrected chi connectivity index (χ0v) is 7.56. The third-order valence-electron chi connectivity index (χ3n) is 2.50. The average molecular weight is 180 g/mol. The number of hydrogen-bond acceptors (Lipinski definition) is 3. The zero-order valence-electron chi connectivity index (χ0n) is 7.56. The van der Waals surface area contributed by atoms with Gasteiger partial charge in [-0.2, -0.15) is 0 Å². The smallest absolute Gasteiger partial charge is 0.310 e. The number of ether oxygens (including phenoxy) is 1. The van der Waals surface area contributed by atoms with E-state index in [0.29, 0.717) is 6.54 Å².